The molecule has 45 heavy (non-hydrogen) atoms. The first-order valence-electron chi connectivity index (χ1n) is 15.3. The third-order valence-electron chi connectivity index (χ3n) is 7.57. The number of alkyl carbamates (subject to hydrolysis) is 1. The fourth-order valence-corrected chi connectivity index (χ4v) is 5.51. The van der Waals surface area contributed by atoms with E-state index in [2.05, 4.69) is 31.6 Å². The van der Waals surface area contributed by atoms with Crippen LogP contribution in [0.25, 0.3) is 16.8 Å². The zero-order valence-electron chi connectivity index (χ0n) is 26.6. The van der Waals surface area contributed by atoms with E-state index >= 15 is 0 Å². The zero-order chi connectivity index (χ0) is 32.1. The highest BCUT2D eigenvalue weighted by atomic mass is 16.6. The van der Waals surface area contributed by atoms with E-state index < -0.39 is 17.8 Å². The first-order chi connectivity index (χ1) is 21.4. The lowest BCUT2D eigenvalue weighted by molar-refractivity contribution is 0.0470. The van der Waals surface area contributed by atoms with E-state index in [-0.39, 0.29) is 17.6 Å². The average molecular weight is 611 g/mol. The summed E-state index contributed by atoms with van der Waals surface area (Å²) in [4.78, 5) is 36.9. The van der Waals surface area contributed by atoms with E-state index in [4.69, 9.17) is 4.74 Å². The van der Waals surface area contributed by atoms with E-state index in [9.17, 15) is 14.7 Å². The molecule has 1 saturated heterocycles. The molecule has 10 heteroatoms. The molecule has 1 aliphatic rings. The van der Waals surface area contributed by atoms with Gasteiger partial charge in [-0.3, -0.25) is 14.7 Å². The Balaban J connectivity index is 1.35. The molecule has 4 aromatic rings. The zero-order valence-corrected chi connectivity index (χ0v) is 26.6. The summed E-state index contributed by atoms with van der Waals surface area (Å²) in [5.74, 6) is -0.326. The Kier molecular flexibility index (Phi) is 9.65. The number of aromatic nitrogens is 3. The number of carbonyl (C=O) groups excluding carboxylic acids is 2. The first kappa shape index (κ1) is 31.9. The number of imidazole rings is 1. The number of carbonyl (C=O) groups is 2. The van der Waals surface area contributed by atoms with Crippen molar-refractivity contribution in [1.82, 2.24) is 24.8 Å². The number of nitrogens with one attached hydrogen (secondary N) is 2. The van der Waals surface area contributed by atoms with Crippen molar-refractivity contribution in [2.45, 2.75) is 71.8 Å². The van der Waals surface area contributed by atoms with Crippen molar-refractivity contribution in [1.29, 1.82) is 0 Å². The van der Waals surface area contributed by atoms with Gasteiger partial charge in [-0.2, -0.15) is 0 Å². The van der Waals surface area contributed by atoms with Gasteiger partial charge in [0.1, 0.15) is 11.3 Å². The maximum absolute atomic E-state index is 13.5. The SMILES string of the molecule is Cc1cn(-c2cc(CN3CCC[C@H](NC(=O)OC(C)(C)C)C3)cc(NC(=O)c3cc(-c4cccc(C(C)O)c4)ccn3)c2)cn1. The van der Waals surface area contributed by atoms with Gasteiger partial charge in [0.2, 0.25) is 0 Å². The third-order valence-corrected chi connectivity index (χ3v) is 7.57. The van der Waals surface area contributed by atoms with Gasteiger partial charge in [0.25, 0.3) is 5.91 Å². The van der Waals surface area contributed by atoms with Gasteiger partial charge in [0, 0.05) is 42.9 Å². The van der Waals surface area contributed by atoms with Crippen molar-refractivity contribution in [2.24, 2.45) is 0 Å². The standard InChI is InChI=1S/C35H42N6O4/c1-23-19-41(22-37-23)31-15-25(20-40-13-7-10-29(21-40)39-34(44)45-35(3,4)5)14-30(18-31)38-33(43)32-17-28(11-12-36-32)27-9-6-8-26(16-27)24(2)42/h6,8-9,11-12,14-19,22,24,29,42H,7,10,13,20-21H2,1-5H3,(H,38,43)(H,39,44)/t24?,29-/m0/s1. The Morgan fingerprint density at radius 3 is 2.62 bits per heavy atom. The molecule has 0 bridgehead atoms. The highest BCUT2D eigenvalue weighted by Gasteiger charge is 2.24. The summed E-state index contributed by atoms with van der Waals surface area (Å²) in [7, 11) is 0. The van der Waals surface area contributed by atoms with Crippen LogP contribution in [0.15, 0.2) is 73.3 Å². The van der Waals surface area contributed by atoms with Crippen LogP contribution in [0.3, 0.4) is 0 Å². The predicted molar refractivity (Wildman–Crippen MR) is 174 cm³/mol. The van der Waals surface area contributed by atoms with Crippen molar-refractivity contribution < 1.29 is 19.4 Å². The minimum Gasteiger partial charge on any atom is -0.444 e. The van der Waals surface area contributed by atoms with Crippen LogP contribution in [0.4, 0.5) is 10.5 Å². The highest BCUT2D eigenvalue weighted by molar-refractivity contribution is 6.03. The number of hydrogen-bond donors (Lipinski definition) is 3. The van der Waals surface area contributed by atoms with E-state index in [0.717, 1.165) is 53.0 Å². The van der Waals surface area contributed by atoms with Gasteiger partial charge in [-0.1, -0.05) is 18.2 Å². The molecule has 3 heterocycles. The first-order valence-corrected chi connectivity index (χ1v) is 15.3. The molecule has 2 aromatic carbocycles. The van der Waals surface area contributed by atoms with Crippen molar-refractivity contribution >= 4 is 17.7 Å². The number of rotatable bonds is 8. The molecule has 0 radical (unpaired) electrons. The van der Waals surface area contributed by atoms with Crippen molar-refractivity contribution in [3.63, 3.8) is 0 Å². The summed E-state index contributed by atoms with van der Waals surface area (Å²) in [5.41, 5.74) is 5.69. The molecule has 5 rings (SSSR count). The second kappa shape index (κ2) is 13.6. The fraction of sp³-hybridized carbons (Fsp3) is 0.371. The van der Waals surface area contributed by atoms with Gasteiger partial charge in [-0.05, 0) is 113 Å². The monoisotopic (exact) mass is 610 g/mol. The highest BCUT2D eigenvalue weighted by Crippen LogP contribution is 2.25. The third kappa shape index (κ3) is 8.77. The number of amides is 2. The average Bonchev–Trinajstić information content (AvgIpc) is 3.42. The van der Waals surface area contributed by atoms with Gasteiger partial charge in [-0.15, -0.1) is 0 Å². The van der Waals surface area contributed by atoms with Gasteiger partial charge < -0.3 is 25.0 Å². The number of hydrogen-bond acceptors (Lipinski definition) is 7. The topological polar surface area (TPSA) is 122 Å². The van der Waals surface area contributed by atoms with E-state index in [1.807, 2.05) is 80.9 Å². The largest absolute Gasteiger partial charge is 0.444 e. The number of aliphatic hydroxyl groups excluding tert-OH is 1. The molecule has 0 saturated carbocycles. The number of ether oxygens (including phenoxy) is 1. The van der Waals surface area contributed by atoms with Crippen molar-refractivity contribution in [3.05, 3.63) is 95.8 Å². The molecule has 1 aliphatic heterocycles. The summed E-state index contributed by atoms with van der Waals surface area (Å²) < 4.78 is 7.40. The Morgan fingerprint density at radius 1 is 1.09 bits per heavy atom. The van der Waals surface area contributed by atoms with Gasteiger partial charge in [-0.25, -0.2) is 9.78 Å². The molecule has 10 nitrogen and oxygen atoms in total. The lowest BCUT2D eigenvalue weighted by Gasteiger charge is -2.33. The number of aryl methyl sites for hydroxylation is 1. The van der Waals surface area contributed by atoms with Gasteiger partial charge in [0.05, 0.1) is 18.1 Å². The van der Waals surface area contributed by atoms with Crippen LogP contribution >= 0.6 is 0 Å². The van der Waals surface area contributed by atoms with Crippen LogP contribution in [0.2, 0.25) is 0 Å². The number of piperidine rings is 1. The minimum absolute atomic E-state index is 0.00751. The summed E-state index contributed by atoms with van der Waals surface area (Å²) >= 11 is 0. The lowest BCUT2D eigenvalue weighted by Crippen LogP contribution is -2.48. The van der Waals surface area contributed by atoms with Crippen molar-refractivity contribution in [2.75, 3.05) is 18.4 Å². The molecule has 3 N–H and O–H groups in total. The number of nitrogens with zero attached hydrogens (tertiary/aromatic N) is 4. The molecule has 2 atom stereocenters. The second-order valence-electron chi connectivity index (χ2n) is 12.7. The van der Waals surface area contributed by atoms with Gasteiger partial charge >= 0.3 is 6.09 Å². The maximum atomic E-state index is 13.5. The summed E-state index contributed by atoms with van der Waals surface area (Å²) in [6.07, 6.45) is 6.17. The second-order valence-corrected chi connectivity index (χ2v) is 12.7. The Labute approximate surface area is 264 Å². The van der Waals surface area contributed by atoms with E-state index in [1.165, 1.54) is 0 Å². The number of likely N-dealkylation sites (tertiary alicyclic amines) is 1. The Hall–Kier alpha value is -4.54. The van der Waals surface area contributed by atoms with E-state index in [1.54, 1.807) is 25.5 Å². The Bertz CT molecular complexity index is 1660. The van der Waals surface area contributed by atoms with Crippen LogP contribution in [-0.4, -0.2) is 61.3 Å². The van der Waals surface area contributed by atoms with Crippen LogP contribution in [0.1, 0.15) is 73.9 Å². The normalized spacial score (nSPS) is 16.2. The number of aliphatic hydroxyl groups is 1. The quantitative estimate of drug-likeness (QED) is 0.222. The van der Waals surface area contributed by atoms with Crippen LogP contribution < -0.4 is 10.6 Å². The van der Waals surface area contributed by atoms with Gasteiger partial charge in [0.15, 0.2) is 0 Å². The lowest BCUT2D eigenvalue weighted by atomic mass is 10.0. The summed E-state index contributed by atoms with van der Waals surface area (Å²) in [6, 6.07) is 17.2. The van der Waals surface area contributed by atoms with E-state index in [0.29, 0.717) is 18.8 Å². The van der Waals surface area contributed by atoms with Crippen molar-refractivity contribution in [3.8, 4) is 16.8 Å². The fourth-order valence-electron chi connectivity index (χ4n) is 5.51. The number of pyridine rings is 1. The molecular weight excluding hydrogens is 568 g/mol. The number of benzene rings is 2. The molecule has 236 valence electrons. The Morgan fingerprint density at radius 2 is 1.89 bits per heavy atom. The molecular formula is C35H42N6O4. The summed E-state index contributed by atoms with van der Waals surface area (Å²) in [5, 5.41) is 16.1. The molecule has 2 aromatic heterocycles. The molecule has 1 fully saturated rings. The molecule has 0 spiro atoms. The predicted octanol–water partition coefficient (Wildman–Crippen LogP) is 6.04. The summed E-state index contributed by atoms with van der Waals surface area (Å²) in [6.45, 7) is 11.5. The molecule has 2 amide bonds. The minimum atomic E-state index is -0.590. The number of anilines is 1. The van der Waals surface area contributed by atoms with Crippen LogP contribution in [0.5, 0.6) is 0 Å². The molecule has 0 aliphatic carbocycles. The van der Waals surface area contributed by atoms with Crippen LogP contribution in [-0.2, 0) is 11.3 Å². The van der Waals surface area contributed by atoms with Crippen LogP contribution in [0, 0.1) is 6.92 Å². The smallest absolute Gasteiger partial charge is 0.407 e. The maximum Gasteiger partial charge on any atom is 0.407 e. The molecule has 1 unspecified atom stereocenters.